The van der Waals surface area contributed by atoms with Gasteiger partial charge in [0.05, 0.1) is 12.0 Å². The second-order valence-corrected chi connectivity index (χ2v) is 12.8. The van der Waals surface area contributed by atoms with Crippen LogP contribution in [-0.4, -0.2) is 45.4 Å². The number of hydrogen-bond acceptors (Lipinski definition) is 6. The molecule has 0 spiro atoms. The van der Waals surface area contributed by atoms with E-state index in [1.807, 2.05) is 60.7 Å². The van der Waals surface area contributed by atoms with E-state index >= 15 is 0 Å². The van der Waals surface area contributed by atoms with E-state index in [-0.39, 0.29) is 28.8 Å². The summed E-state index contributed by atoms with van der Waals surface area (Å²) in [5.41, 5.74) is 2.69. The molecule has 0 radical (unpaired) electrons. The number of ether oxygens (including phenoxy) is 2. The lowest BCUT2D eigenvalue weighted by atomic mass is 10.0. The summed E-state index contributed by atoms with van der Waals surface area (Å²) in [4.78, 5) is 29.3. The standard InChI is InChI=1S/C38H36FN3O6S/c1-47-33-18-12-29(13-19-33)26-42(37(30-10-6-3-7-11-30)38(44)40-25-24-28-8-4-2-5-9-28)36(43)27-48-34-20-22-35(23-21-34)49(45,46)41-32-16-14-31(39)15-17-32/h2-23,37,41H,24-27H2,1H3,(H,40,44)/t37-/m1/s1. The van der Waals surface area contributed by atoms with Gasteiger partial charge in [-0.05, 0) is 83.8 Å². The highest BCUT2D eigenvalue weighted by Gasteiger charge is 2.32. The van der Waals surface area contributed by atoms with Crippen LogP contribution in [0.15, 0.2) is 138 Å². The lowest BCUT2D eigenvalue weighted by Crippen LogP contribution is -2.45. The Balaban J connectivity index is 1.34. The van der Waals surface area contributed by atoms with Gasteiger partial charge in [0.2, 0.25) is 5.91 Å². The van der Waals surface area contributed by atoms with E-state index in [0.29, 0.717) is 24.3 Å². The van der Waals surface area contributed by atoms with Gasteiger partial charge in [-0.25, -0.2) is 12.8 Å². The van der Waals surface area contributed by atoms with Crippen molar-refractivity contribution in [3.05, 3.63) is 156 Å². The summed E-state index contributed by atoms with van der Waals surface area (Å²) in [6, 6.07) is 35.6. The summed E-state index contributed by atoms with van der Waals surface area (Å²) in [5.74, 6) is -0.381. The number of hydrogen-bond donors (Lipinski definition) is 2. The molecule has 0 aliphatic carbocycles. The van der Waals surface area contributed by atoms with Crippen molar-refractivity contribution in [1.29, 1.82) is 0 Å². The molecule has 11 heteroatoms. The number of amides is 2. The smallest absolute Gasteiger partial charge is 0.261 e. The highest BCUT2D eigenvalue weighted by molar-refractivity contribution is 7.92. The molecule has 0 heterocycles. The highest BCUT2D eigenvalue weighted by Crippen LogP contribution is 2.26. The molecule has 2 amide bonds. The fourth-order valence-corrected chi connectivity index (χ4v) is 6.16. The summed E-state index contributed by atoms with van der Waals surface area (Å²) in [6.45, 7) is 0.0549. The van der Waals surface area contributed by atoms with Crippen LogP contribution in [0.3, 0.4) is 0 Å². The van der Waals surface area contributed by atoms with Crippen LogP contribution in [0.1, 0.15) is 22.7 Å². The summed E-state index contributed by atoms with van der Waals surface area (Å²) in [7, 11) is -2.39. The third kappa shape index (κ3) is 9.68. The Hall–Kier alpha value is -5.68. The number of benzene rings is 5. The molecule has 0 bridgehead atoms. The number of carbonyl (C=O) groups is 2. The van der Waals surface area contributed by atoms with E-state index in [9.17, 15) is 22.4 Å². The highest BCUT2D eigenvalue weighted by atomic mass is 32.2. The van der Waals surface area contributed by atoms with Crippen LogP contribution in [0, 0.1) is 5.82 Å². The molecule has 0 aliphatic rings. The molecule has 49 heavy (non-hydrogen) atoms. The third-order valence-corrected chi connectivity index (χ3v) is 9.05. The quantitative estimate of drug-likeness (QED) is 0.137. The maximum atomic E-state index is 14.0. The first-order valence-electron chi connectivity index (χ1n) is 15.5. The number of anilines is 1. The van der Waals surface area contributed by atoms with Gasteiger partial charge in [0.15, 0.2) is 6.61 Å². The minimum absolute atomic E-state index is 0.0482. The van der Waals surface area contributed by atoms with Crippen molar-refractivity contribution in [3.63, 3.8) is 0 Å². The zero-order chi connectivity index (χ0) is 34.6. The van der Waals surface area contributed by atoms with Crippen LogP contribution in [0.4, 0.5) is 10.1 Å². The van der Waals surface area contributed by atoms with Crippen molar-refractivity contribution in [2.75, 3.05) is 25.0 Å². The van der Waals surface area contributed by atoms with Crippen molar-refractivity contribution >= 4 is 27.5 Å². The van der Waals surface area contributed by atoms with Gasteiger partial charge in [-0.15, -0.1) is 0 Å². The first-order valence-corrected chi connectivity index (χ1v) is 17.0. The minimum Gasteiger partial charge on any atom is -0.497 e. The number of nitrogens with zero attached hydrogens (tertiary/aromatic N) is 1. The summed E-state index contributed by atoms with van der Waals surface area (Å²) >= 11 is 0. The van der Waals surface area contributed by atoms with Crippen LogP contribution < -0.4 is 19.5 Å². The number of sulfonamides is 1. The lowest BCUT2D eigenvalue weighted by Gasteiger charge is -2.31. The lowest BCUT2D eigenvalue weighted by molar-refractivity contribution is -0.143. The van der Waals surface area contributed by atoms with Crippen molar-refractivity contribution in [1.82, 2.24) is 10.2 Å². The average molecular weight is 682 g/mol. The Kier molecular flexibility index (Phi) is 11.6. The number of nitrogens with one attached hydrogen (secondary N) is 2. The Bertz CT molecular complexity index is 1920. The number of halogens is 1. The zero-order valence-electron chi connectivity index (χ0n) is 26.8. The van der Waals surface area contributed by atoms with Gasteiger partial charge in [-0.3, -0.25) is 14.3 Å². The topological polar surface area (TPSA) is 114 Å². The number of rotatable bonds is 15. The molecule has 5 aromatic rings. The van der Waals surface area contributed by atoms with E-state index < -0.39 is 34.4 Å². The van der Waals surface area contributed by atoms with Gasteiger partial charge in [0.1, 0.15) is 23.4 Å². The maximum Gasteiger partial charge on any atom is 0.261 e. The van der Waals surface area contributed by atoms with Gasteiger partial charge in [0.25, 0.3) is 15.9 Å². The van der Waals surface area contributed by atoms with E-state index in [0.717, 1.165) is 23.3 Å². The van der Waals surface area contributed by atoms with Gasteiger partial charge in [-0.2, -0.15) is 0 Å². The summed E-state index contributed by atoms with van der Waals surface area (Å²) in [6.07, 6.45) is 0.620. The van der Waals surface area contributed by atoms with Gasteiger partial charge in [-0.1, -0.05) is 72.8 Å². The SMILES string of the molecule is COc1ccc(CN(C(=O)COc2ccc(S(=O)(=O)Nc3ccc(F)cc3)cc2)[C@@H](C(=O)NCCc2ccccc2)c2ccccc2)cc1. The Morgan fingerprint density at radius 2 is 1.37 bits per heavy atom. The molecule has 0 aromatic heterocycles. The average Bonchev–Trinajstić information content (AvgIpc) is 3.12. The Labute approximate surface area is 285 Å². The molecule has 5 aromatic carbocycles. The molecular weight excluding hydrogens is 645 g/mol. The van der Waals surface area contributed by atoms with Crippen molar-refractivity contribution < 1.29 is 31.9 Å². The van der Waals surface area contributed by atoms with E-state index in [1.54, 1.807) is 31.4 Å². The molecule has 0 saturated heterocycles. The molecule has 9 nitrogen and oxygen atoms in total. The van der Waals surface area contributed by atoms with Crippen LogP contribution in [0.25, 0.3) is 0 Å². The van der Waals surface area contributed by atoms with Crippen LogP contribution in [-0.2, 0) is 32.6 Å². The third-order valence-electron chi connectivity index (χ3n) is 7.66. The van der Waals surface area contributed by atoms with Crippen molar-refractivity contribution in [2.24, 2.45) is 0 Å². The molecule has 0 aliphatic heterocycles. The maximum absolute atomic E-state index is 14.0. The fraction of sp³-hybridized carbons (Fsp3) is 0.158. The molecule has 0 fully saturated rings. The van der Waals surface area contributed by atoms with Crippen LogP contribution >= 0.6 is 0 Å². The predicted molar refractivity (Wildman–Crippen MR) is 185 cm³/mol. The normalized spacial score (nSPS) is 11.6. The first-order chi connectivity index (χ1) is 23.7. The van der Waals surface area contributed by atoms with E-state index in [1.165, 1.54) is 41.3 Å². The van der Waals surface area contributed by atoms with Crippen LogP contribution in [0.2, 0.25) is 0 Å². The Morgan fingerprint density at radius 3 is 2.00 bits per heavy atom. The molecule has 1 atom stereocenters. The second-order valence-electron chi connectivity index (χ2n) is 11.1. The Morgan fingerprint density at radius 1 is 0.755 bits per heavy atom. The van der Waals surface area contributed by atoms with E-state index in [4.69, 9.17) is 9.47 Å². The zero-order valence-corrected chi connectivity index (χ0v) is 27.6. The number of methoxy groups -OCH3 is 1. The molecule has 5 rings (SSSR count). The largest absolute Gasteiger partial charge is 0.497 e. The molecule has 252 valence electrons. The first kappa shape index (κ1) is 34.6. The number of carbonyl (C=O) groups excluding carboxylic acids is 2. The predicted octanol–water partition coefficient (Wildman–Crippen LogP) is 6.14. The molecular formula is C38H36FN3O6S. The second kappa shape index (κ2) is 16.4. The van der Waals surface area contributed by atoms with Gasteiger partial charge in [0, 0.05) is 18.8 Å². The minimum atomic E-state index is -3.96. The summed E-state index contributed by atoms with van der Waals surface area (Å²) < 4.78 is 52.4. The molecule has 0 unspecified atom stereocenters. The van der Waals surface area contributed by atoms with Crippen LogP contribution in [0.5, 0.6) is 11.5 Å². The monoisotopic (exact) mass is 681 g/mol. The van der Waals surface area contributed by atoms with Gasteiger partial charge >= 0.3 is 0 Å². The van der Waals surface area contributed by atoms with Crippen molar-refractivity contribution in [3.8, 4) is 11.5 Å². The molecule has 2 N–H and O–H groups in total. The summed E-state index contributed by atoms with van der Waals surface area (Å²) in [5, 5.41) is 3.01. The molecule has 0 saturated carbocycles. The van der Waals surface area contributed by atoms with Crippen molar-refractivity contribution in [2.45, 2.75) is 23.9 Å². The fourth-order valence-electron chi connectivity index (χ4n) is 5.11. The van der Waals surface area contributed by atoms with E-state index in [2.05, 4.69) is 10.0 Å². The van der Waals surface area contributed by atoms with Gasteiger partial charge < -0.3 is 19.7 Å².